The third-order valence-corrected chi connectivity index (χ3v) is 16.3. The van der Waals surface area contributed by atoms with Crippen molar-refractivity contribution in [3.05, 3.63) is 28.5 Å². The van der Waals surface area contributed by atoms with Gasteiger partial charge in [0.05, 0.1) is 18.9 Å². The summed E-state index contributed by atoms with van der Waals surface area (Å²) in [7, 11) is -3.87. The molecule has 0 spiro atoms. The number of aromatic nitrogens is 1. The molecule has 0 bridgehead atoms. The quantitative estimate of drug-likeness (QED) is 0.377. The molecule has 8 heteroatoms. The van der Waals surface area contributed by atoms with Crippen molar-refractivity contribution in [1.29, 1.82) is 0 Å². The molecule has 0 aromatic carbocycles. The van der Waals surface area contributed by atoms with Crippen LogP contribution >= 0.6 is 15.9 Å². The SMILES string of the molecule is CC(C)(C)[Si](C)(C)OCC1(CO[Si](C)(C)C(C)(C)C)CC(c2ccc(Br)cn2)=NO1. The molecule has 170 valence electrons. The first kappa shape index (κ1) is 25.7. The normalized spacial score (nSPS) is 17.6. The highest BCUT2D eigenvalue weighted by Crippen LogP contribution is 2.40. The van der Waals surface area contributed by atoms with E-state index in [0.29, 0.717) is 19.6 Å². The van der Waals surface area contributed by atoms with Gasteiger partial charge < -0.3 is 13.7 Å². The van der Waals surface area contributed by atoms with Gasteiger partial charge in [0.1, 0.15) is 5.71 Å². The van der Waals surface area contributed by atoms with E-state index < -0.39 is 22.2 Å². The zero-order valence-electron chi connectivity index (χ0n) is 20.4. The lowest BCUT2D eigenvalue weighted by molar-refractivity contribution is -0.0813. The lowest BCUT2D eigenvalue weighted by atomic mass is 9.98. The largest absolute Gasteiger partial charge is 0.413 e. The lowest BCUT2D eigenvalue weighted by Gasteiger charge is -2.41. The maximum absolute atomic E-state index is 6.58. The van der Waals surface area contributed by atoms with Crippen molar-refractivity contribution in [2.75, 3.05) is 13.2 Å². The summed E-state index contributed by atoms with van der Waals surface area (Å²) in [5.74, 6) is 0. The Morgan fingerprint density at radius 3 is 1.87 bits per heavy atom. The molecular formula is C22H39BrN2O3Si2. The fraction of sp³-hybridized carbons (Fsp3) is 0.727. The van der Waals surface area contributed by atoms with Gasteiger partial charge in [0.25, 0.3) is 0 Å². The highest BCUT2D eigenvalue weighted by molar-refractivity contribution is 9.10. The highest BCUT2D eigenvalue weighted by Gasteiger charge is 2.47. The van der Waals surface area contributed by atoms with E-state index in [1.807, 2.05) is 12.1 Å². The van der Waals surface area contributed by atoms with E-state index in [4.69, 9.17) is 13.7 Å². The fourth-order valence-electron chi connectivity index (χ4n) is 2.46. The molecule has 0 fully saturated rings. The molecule has 1 aliphatic heterocycles. The third kappa shape index (κ3) is 6.03. The third-order valence-electron chi connectivity index (χ3n) is 6.87. The van der Waals surface area contributed by atoms with Gasteiger partial charge in [-0.05, 0) is 64.3 Å². The molecule has 5 nitrogen and oxygen atoms in total. The zero-order chi connectivity index (χ0) is 23.0. The van der Waals surface area contributed by atoms with Crippen molar-refractivity contribution in [3.8, 4) is 0 Å². The number of rotatable bonds is 7. The van der Waals surface area contributed by atoms with E-state index in [1.54, 1.807) is 6.20 Å². The fourth-order valence-corrected chi connectivity index (χ4v) is 4.81. The van der Waals surface area contributed by atoms with Crippen LogP contribution in [0.4, 0.5) is 0 Å². The molecule has 2 heterocycles. The van der Waals surface area contributed by atoms with Gasteiger partial charge in [0.2, 0.25) is 0 Å². The van der Waals surface area contributed by atoms with E-state index in [2.05, 4.69) is 93.8 Å². The van der Waals surface area contributed by atoms with Crippen molar-refractivity contribution in [2.45, 2.75) is 89.8 Å². The molecule has 2 rings (SSSR count). The summed E-state index contributed by atoms with van der Waals surface area (Å²) in [6.45, 7) is 23.5. The second-order valence-corrected chi connectivity index (χ2v) is 22.0. The Balaban J connectivity index is 2.22. The van der Waals surface area contributed by atoms with Crippen LogP contribution in [0.25, 0.3) is 0 Å². The van der Waals surface area contributed by atoms with Gasteiger partial charge in [-0.1, -0.05) is 46.7 Å². The first-order chi connectivity index (χ1) is 13.5. The van der Waals surface area contributed by atoms with Gasteiger partial charge >= 0.3 is 0 Å². The standard InChI is InChI=1S/C22H39BrN2O3Si2/c1-20(2,3)29(7,8)26-15-22(16-27-30(9,10)21(4,5)6)13-19(25-28-22)18-12-11-17(23)14-24-18/h11-12,14H,13,15-16H2,1-10H3. The summed E-state index contributed by atoms with van der Waals surface area (Å²) in [6.07, 6.45) is 2.42. The van der Waals surface area contributed by atoms with Gasteiger partial charge in [-0.2, -0.15) is 0 Å². The van der Waals surface area contributed by atoms with Crippen LogP contribution in [0.1, 0.15) is 53.7 Å². The van der Waals surface area contributed by atoms with Gasteiger partial charge in [-0.3, -0.25) is 4.98 Å². The number of pyridine rings is 1. The first-order valence-electron chi connectivity index (χ1n) is 10.6. The molecule has 0 amide bonds. The minimum atomic E-state index is -1.94. The number of halogens is 1. The Kier molecular flexibility index (Phi) is 7.52. The Bertz CT molecular complexity index is 736. The average Bonchev–Trinajstić information content (AvgIpc) is 3.02. The second kappa shape index (κ2) is 8.77. The summed E-state index contributed by atoms with van der Waals surface area (Å²) < 4.78 is 14.1. The van der Waals surface area contributed by atoms with E-state index in [-0.39, 0.29) is 10.1 Å². The van der Waals surface area contributed by atoms with E-state index in [0.717, 1.165) is 15.9 Å². The number of hydrogen-bond donors (Lipinski definition) is 0. The molecular weight excluding hydrogens is 476 g/mol. The molecule has 0 saturated carbocycles. The van der Waals surface area contributed by atoms with Crippen LogP contribution in [0.2, 0.25) is 36.3 Å². The molecule has 0 unspecified atom stereocenters. The highest BCUT2D eigenvalue weighted by atomic mass is 79.9. The number of oxime groups is 1. The monoisotopic (exact) mass is 514 g/mol. The zero-order valence-corrected chi connectivity index (χ0v) is 23.9. The van der Waals surface area contributed by atoms with Crippen molar-refractivity contribution in [3.63, 3.8) is 0 Å². The smallest absolute Gasteiger partial charge is 0.192 e. The van der Waals surface area contributed by atoms with Crippen LogP contribution in [0.5, 0.6) is 0 Å². The van der Waals surface area contributed by atoms with E-state index >= 15 is 0 Å². The Labute approximate surface area is 193 Å². The van der Waals surface area contributed by atoms with Crippen LogP contribution in [0, 0.1) is 0 Å². The molecule has 30 heavy (non-hydrogen) atoms. The Morgan fingerprint density at radius 1 is 0.967 bits per heavy atom. The van der Waals surface area contributed by atoms with Gasteiger partial charge in [0.15, 0.2) is 22.2 Å². The molecule has 1 aromatic rings. The summed E-state index contributed by atoms with van der Waals surface area (Å²) in [5, 5.41) is 4.68. The summed E-state index contributed by atoms with van der Waals surface area (Å²) >= 11 is 3.44. The van der Waals surface area contributed by atoms with Gasteiger partial charge in [0, 0.05) is 17.1 Å². The van der Waals surface area contributed by atoms with Crippen LogP contribution in [-0.4, -0.2) is 46.1 Å². The van der Waals surface area contributed by atoms with Crippen molar-refractivity contribution in [1.82, 2.24) is 4.98 Å². The summed E-state index contributed by atoms with van der Waals surface area (Å²) in [5.41, 5.74) is 1.06. The predicted octanol–water partition coefficient (Wildman–Crippen LogP) is 6.75. The molecule has 0 atom stereocenters. The molecule has 0 radical (unpaired) electrons. The summed E-state index contributed by atoms with van der Waals surface area (Å²) in [6, 6.07) is 3.94. The molecule has 0 N–H and O–H groups in total. The average molecular weight is 516 g/mol. The number of nitrogens with zero attached hydrogens (tertiary/aromatic N) is 2. The second-order valence-electron chi connectivity index (χ2n) is 11.4. The topological polar surface area (TPSA) is 52.9 Å². The van der Waals surface area contributed by atoms with Crippen molar-refractivity contribution >= 4 is 38.3 Å². The van der Waals surface area contributed by atoms with E-state index in [1.165, 1.54) is 0 Å². The Morgan fingerprint density at radius 2 is 1.47 bits per heavy atom. The minimum Gasteiger partial charge on any atom is -0.413 e. The molecule has 0 saturated heterocycles. The number of hydrogen-bond acceptors (Lipinski definition) is 5. The Hall–Kier alpha value is -0.546. The predicted molar refractivity (Wildman–Crippen MR) is 133 cm³/mol. The van der Waals surface area contributed by atoms with Gasteiger partial charge in [-0.25, -0.2) is 0 Å². The maximum atomic E-state index is 6.58. The lowest BCUT2D eigenvalue weighted by Crippen LogP contribution is -2.51. The molecule has 0 aliphatic carbocycles. The van der Waals surface area contributed by atoms with Crippen LogP contribution in [0.15, 0.2) is 28.0 Å². The summed E-state index contributed by atoms with van der Waals surface area (Å²) in [4.78, 5) is 10.6. The molecule has 1 aromatic heterocycles. The minimum absolute atomic E-state index is 0.129. The van der Waals surface area contributed by atoms with Crippen LogP contribution in [0.3, 0.4) is 0 Å². The maximum Gasteiger partial charge on any atom is 0.192 e. The van der Waals surface area contributed by atoms with Crippen LogP contribution < -0.4 is 0 Å². The van der Waals surface area contributed by atoms with Crippen molar-refractivity contribution in [2.24, 2.45) is 5.16 Å². The van der Waals surface area contributed by atoms with Crippen molar-refractivity contribution < 1.29 is 13.7 Å². The van der Waals surface area contributed by atoms with E-state index in [9.17, 15) is 0 Å². The first-order valence-corrected chi connectivity index (χ1v) is 17.2. The van der Waals surface area contributed by atoms with Gasteiger partial charge in [-0.15, -0.1) is 0 Å². The van der Waals surface area contributed by atoms with Crippen LogP contribution in [-0.2, 0) is 13.7 Å². The molecule has 1 aliphatic rings.